The highest BCUT2D eigenvalue weighted by molar-refractivity contribution is 5.89. The fourth-order valence-corrected chi connectivity index (χ4v) is 2.21. The van der Waals surface area contributed by atoms with Crippen LogP contribution in [-0.2, 0) is 4.74 Å². The highest BCUT2D eigenvalue weighted by atomic mass is 16.5. The van der Waals surface area contributed by atoms with Gasteiger partial charge in [-0.1, -0.05) is 5.16 Å². The molecule has 0 aliphatic carbocycles. The van der Waals surface area contributed by atoms with E-state index >= 15 is 0 Å². The summed E-state index contributed by atoms with van der Waals surface area (Å²) in [6.07, 6.45) is 0. The molecule has 2 aromatic carbocycles. The van der Waals surface area contributed by atoms with Crippen molar-refractivity contribution in [3.63, 3.8) is 0 Å². The first-order chi connectivity index (χ1) is 12.5. The molecular formula is C17H12N2O7. The molecule has 132 valence electrons. The summed E-state index contributed by atoms with van der Waals surface area (Å²) in [4.78, 5) is 22.0. The number of nitroso groups, excluding NO2 is 1. The quantitative estimate of drug-likeness (QED) is 0.522. The van der Waals surface area contributed by atoms with Crippen LogP contribution in [0.4, 0.5) is 5.69 Å². The molecule has 1 heterocycles. The third kappa shape index (κ3) is 3.31. The minimum atomic E-state index is -0.710. The van der Waals surface area contributed by atoms with Crippen molar-refractivity contribution in [1.29, 1.82) is 0 Å². The second-order valence-corrected chi connectivity index (χ2v) is 5.09. The molecule has 0 saturated carbocycles. The maximum atomic E-state index is 11.5. The van der Waals surface area contributed by atoms with Crippen molar-refractivity contribution >= 4 is 11.7 Å². The topological polar surface area (TPSA) is 131 Å². The summed E-state index contributed by atoms with van der Waals surface area (Å²) < 4.78 is 15.3. The van der Waals surface area contributed by atoms with Gasteiger partial charge in [0.1, 0.15) is 34.2 Å². The highest BCUT2D eigenvalue weighted by Gasteiger charge is 2.21. The Kier molecular flexibility index (Phi) is 4.52. The summed E-state index contributed by atoms with van der Waals surface area (Å²) in [5.41, 5.74) is 0.194. The van der Waals surface area contributed by atoms with Crippen molar-refractivity contribution in [3.05, 3.63) is 53.1 Å². The number of ether oxygens (including phenoxy) is 2. The maximum absolute atomic E-state index is 11.5. The van der Waals surface area contributed by atoms with Gasteiger partial charge in [-0.05, 0) is 29.4 Å². The summed E-state index contributed by atoms with van der Waals surface area (Å²) in [5, 5.41) is 26.3. The Morgan fingerprint density at radius 3 is 2.54 bits per heavy atom. The lowest BCUT2D eigenvalue weighted by molar-refractivity contribution is 0.0589. The lowest BCUT2D eigenvalue weighted by Gasteiger charge is -2.11. The standard InChI is InChI=1S/C17H12N2O7/c1-24-17(22)12-8-15(26-19-12)16-13(21)6-10(20)7-14(16)25-11-4-2-9(18-23)3-5-11/h2-8,20-21H,1H3. The summed E-state index contributed by atoms with van der Waals surface area (Å²) >= 11 is 0. The molecular weight excluding hydrogens is 344 g/mol. The van der Waals surface area contributed by atoms with Gasteiger partial charge in [0, 0.05) is 18.2 Å². The molecule has 0 spiro atoms. The average molecular weight is 356 g/mol. The van der Waals surface area contributed by atoms with Crippen LogP contribution >= 0.6 is 0 Å². The number of esters is 1. The Morgan fingerprint density at radius 1 is 1.15 bits per heavy atom. The third-order valence-corrected chi connectivity index (χ3v) is 3.39. The molecule has 0 bridgehead atoms. The Bertz CT molecular complexity index is 964. The van der Waals surface area contributed by atoms with Gasteiger partial charge < -0.3 is 24.2 Å². The van der Waals surface area contributed by atoms with Crippen LogP contribution in [0.15, 0.2) is 52.2 Å². The molecule has 9 heteroatoms. The Hall–Kier alpha value is -3.88. The predicted molar refractivity (Wildman–Crippen MR) is 88.6 cm³/mol. The fourth-order valence-electron chi connectivity index (χ4n) is 2.21. The average Bonchev–Trinajstić information content (AvgIpc) is 3.10. The van der Waals surface area contributed by atoms with Gasteiger partial charge in [-0.15, -0.1) is 4.91 Å². The van der Waals surface area contributed by atoms with E-state index in [-0.39, 0.29) is 40.0 Å². The van der Waals surface area contributed by atoms with E-state index in [0.29, 0.717) is 5.75 Å². The Labute approximate surface area is 146 Å². The molecule has 0 unspecified atom stereocenters. The molecule has 9 nitrogen and oxygen atoms in total. The minimum absolute atomic E-state index is 0.0316. The van der Waals surface area contributed by atoms with Crippen molar-refractivity contribution in [1.82, 2.24) is 5.16 Å². The van der Waals surface area contributed by atoms with Crippen LogP contribution in [0.3, 0.4) is 0 Å². The number of hydrogen-bond acceptors (Lipinski definition) is 9. The Balaban J connectivity index is 2.03. The number of rotatable bonds is 5. The summed E-state index contributed by atoms with van der Waals surface area (Å²) in [7, 11) is 1.20. The van der Waals surface area contributed by atoms with Crippen LogP contribution in [0.1, 0.15) is 10.5 Å². The van der Waals surface area contributed by atoms with Crippen LogP contribution in [0.5, 0.6) is 23.0 Å². The first-order valence-electron chi connectivity index (χ1n) is 7.24. The van der Waals surface area contributed by atoms with Crippen molar-refractivity contribution in [2.75, 3.05) is 7.11 Å². The Morgan fingerprint density at radius 2 is 1.88 bits per heavy atom. The molecule has 0 aliphatic heterocycles. The van der Waals surface area contributed by atoms with E-state index < -0.39 is 5.97 Å². The molecule has 2 N–H and O–H groups in total. The van der Waals surface area contributed by atoms with E-state index in [9.17, 15) is 19.9 Å². The molecule has 0 aliphatic rings. The zero-order valence-corrected chi connectivity index (χ0v) is 13.4. The SMILES string of the molecule is COC(=O)c1cc(-c2c(O)cc(O)cc2Oc2ccc(N=O)cc2)on1. The first-order valence-corrected chi connectivity index (χ1v) is 7.24. The van der Waals surface area contributed by atoms with Gasteiger partial charge in [-0.2, -0.15) is 0 Å². The number of benzene rings is 2. The third-order valence-electron chi connectivity index (χ3n) is 3.39. The molecule has 3 rings (SSSR count). The smallest absolute Gasteiger partial charge is 0.360 e. The van der Waals surface area contributed by atoms with Gasteiger partial charge in [0.25, 0.3) is 0 Å². The molecule has 0 atom stereocenters. The van der Waals surface area contributed by atoms with Gasteiger partial charge >= 0.3 is 5.97 Å². The zero-order valence-electron chi connectivity index (χ0n) is 13.4. The van der Waals surface area contributed by atoms with Crippen molar-refractivity contribution in [3.8, 4) is 34.3 Å². The lowest BCUT2D eigenvalue weighted by atomic mass is 10.1. The van der Waals surface area contributed by atoms with Gasteiger partial charge in [0.15, 0.2) is 11.5 Å². The molecule has 0 amide bonds. The number of phenols is 2. The van der Waals surface area contributed by atoms with E-state index in [2.05, 4.69) is 15.1 Å². The van der Waals surface area contributed by atoms with Crippen LogP contribution < -0.4 is 4.74 Å². The molecule has 0 saturated heterocycles. The van der Waals surface area contributed by atoms with Gasteiger partial charge in [0.05, 0.1) is 7.11 Å². The van der Waals surface area contributed by atoms with Crippen LogP contribution in [-0.4, -0.2) is 28.4 Å². The van der Waals surface area contributed by atoms with E-state index in [1.807, 2.05) is 0 Å². The largest absolute Gasteiger partial charge is 0.508 e. The van der Waals surface area contributed by atoms with Crippen molar-refractivity contribution in [2.45, 2.75) is 0 Å². The number of carbonyl (C=O) groups excluding carboxylic acids is 1. The fraction of sp³-hybridized carbons (Fsp3) is 0.0588. The number of aromatic nitrogens is 1. The number of phenolic OH excluding ortho intramolecular Hbond substituents is 2. The molecule has 1 aromatic heterocycles. The van der Waals surface area contributed by atoms with E-state index in [1.165, 1.54) is 43.5 Å². The first kappa shape index (κ1) is 17.0. The highest BCUT2D eigenvalue weighted by Crippen LogP contribution is 2.43. The van der Waals surface area contributed by atoms with E-state index in [1.54, 1.807) is 0 Å². The van der Waals surface area contributed by atoms with Crippen molar-refractivity contribution < 1.29 is 29.0 Å². The summed E-state index contributed by atoms with van der Waals surface area (Å²) in [5.74, 6) is -0.918. The number of carbonyl (C=O) groups is 1. The second kappa shape index (κ2) is 6.93. The molecule has 0 fully saturated rings. The molecule has 3 aromatic rings. The number of methoxy groups -OCH3 is 1. The number of aromatic hydroxyl groups is 2. The van der Waals surface area contributed by atoms with Crippen LogP contribution in [0, 0.1) is 4.91 Å². The molecule has 26 heavy (non-hydrogen) atoms. The van der Waals surface area contributed by atoms with Gasteiger partial charge in [-0.25, -0.2) is 4.79 Å². The number of hydrogen-bond donors (Lipinski definition) is 2. The normalized spacial score (nSPS) is 10.3. The van der Waals surface area contributed by atoms with Gasteiger partial charge in [0.2, 0.25) is 0 Å². The van der Waals surface area contributed by atoms with Crippen LogP contribution in [0.2, 0.25) is 0 Å². The summed E-state index contributed by atoms with van der Waals surface area (Å²) in [6, 6.07) is 9.46. The zero-order chi connectivity index (χ0) is 18.7. The monoisotopic (exact) mass is 356 g/mol. The summed E-state index contributed by atoms with van der Waals surface area (Å²) in [6.45, 7) is 0. The van der Waals surface area contributed by atoms with Crippen LogP contribution in [0.25, 0.3) is 11.3 Å². The van der Waals surface area contributed by atoms with E-state index in [4.69, 9.17) is 9.26 Å². The maximum Gasteiger partial charge on any atom is 0.360 e. The van der Waals surface area contributed by atoms with Crippen molar-refractivity contribution in [2.24, 2.45) is 5.18 Å². The van der Waals surface area contributed by atoms with E-state index in [0.717, 1.165) is 6.07 Å². The minimum Gasteiger partial charge on any atom is -0.508 e. The number of nitrogens with zero attached hydrogens (tertiary/aromatic N) is 2. The molecule has 0 radical (unpaired) electrons. The lowest BCUT2D eigenvalue weighted by Crippen LogP contribution is -2.00. The second-order valence-electron chi connectivity index (χ2n) is 5.09. The predicted octanol–water partition coefficient (Wildman–Crippen LogP) is 3.73. The van der Waals surface area contributed by atoms with Gasteiger partial charge in [-0.3, -0.25) is 0 Å².